The van der Waals surface area contributed by atoms with E-state index in [0.717, 1.165) is 31.7 Å². The lowest BCUT2D eigenvalue weighted by Crippen LogP contribution is -2.36. The van der Waals surface area contributed by atoms with Gasteiger partial charge in [-0.3, -0.25) is 4.98 Å². The summed E-state index contributed by atoms with van der Waals surface area (Å²) in [5.74, 6) is 0. The molecule has 3 nitrogen and oxygen atoms in total. The van der Waals surface area contributed by atoms with Crippen LogP contribution < -0.4 is 5.32 Å². The molecular formula is C15H24N2O. The molecule has 0 spiro atoms. The average Bonchev–Trinajstić information content (AvgIpc) is 2.42. The van der Waals surface area contributed by atoms with Gasteiger partial charge in [-0.15, -0.1) is 0 Å². The highest BCUT2D eigenvalue weighted by Gasteiger charge is 2.25. The molecule has 100 valence electrons. The molecule has 1 N–H and O–H groups in total. The summed E-state index contributed by atoms with van der Waals surface area (Å²) in [5.41, 5.74) is 2.32. The fourth-order valence-electron chi connectivity index (χ4n) is 2.46. The predicted molar refractivity (Wildman–Crippen MR) is 73.6 cm³/mol. The topological polar surface area (TPSA) is 34.2 Å². The van der Waals surface area contributed by atoms with Gasteiger partial charge in [0.25, 0.3) is 0 Å². The standard InChI is InChI=1S/C15H24N2O/c1-3-9-16-15(14-6-4-5-10-18-14)13-8-7-12(2)17-11-13/h7-8,11,14-16H,3-6,9-10H2,1-2H3. The van der Waals surface area contributed by atoms with Gasteiger partial charge in [-0.2, -0.15) is 0 Å². The van der Waals surface area contributed by atoms with Crippen LogP contribution in [0.5, 0.6) is 0 Å². The molecule has 1 aromatic heterocycles. The fourth-order valence-corrected chi connectivity index (χ4v) is 2.46. The van der Waals surface area contributed by atoms with E-state index in [1.54, 1.807) is 0 Å². The van der Waals surface area contributed by atoms with Crippen molar-refractivity contribution >= 4 is 0 Å². The van der Waals surface area contributed by atoms with E-state index in [-0.39, 0.29) is 0 Å². The highest BCUT2D eigenvalue weighted by molar-refractivity contribution is 5.18. The van der Waals surface area contributed by atoms with E-state index in [9.17, 15) is 0 Å². The normalized spacial score (nSPS) is 21.8. The van der Waals surface area contributed by atoms with Crippen molar-refractivity contribution in [2.24, 2.45) is 0 Å². The molecule has 2 unspecified atom stereocenters. The molecule has 3 heteroatoms. The van der Waals surface area contributed by atoms with Gasteiger partial charge in [0.1, 0.15) is 0 Å². The zero-order chi connectivity index (χ0) is 12.8. The van der Waals surface area contributed by atoms with Crippen molar-refractivity contribution in [3.8, 4) is 0 Å². The molecule has 2 heterocycles. The number of ether oxygens (including phenoxy) is 1. The summed E-state index contributed by atoms with van der Waals surface area (Å²) in [6, 6.07) is 4.55. The van der Waals surface area contributed by atoms with Crippen molar-refractivity contribution in [3.05, 3.63) is 29.6 Å². The molecule has 1 saturated heterocycles. The summed E-state index contributed by atoms with van der Waals surface area (Å²) in [5, 5.41) is 3.61. The summed E-state index contributed by atoms with van der Waals surface area (Å²) in [6.45, 7) is 6.14. The van der Waals surface area contributed by atoms with Crippen LogP contribution in [0.15, 0.2) is 18.3 Å². The predicted octanol–water partition coefficient (Wildman–Crippen LogP) is 3.00. The molecule has 0 saturated carbocycles. The second kappa shape index (κ2) is 6.86. The number of nitrogens with one attached hydrogen (secondary N) is 1. The lowest BCUT2D eigenvalue weighted by molar-refractivity contribution is -0.00822. The maximum atomic E-state index is 5.93. The van der Waals surface area contributed by atoms with Crippen LogP contribution in [0.2, 0.25) is 0 Å². The van der Waals surface area contributed by atoms with Gasteiger partial charge in [-0.25, -0.2) is 0 Å². The molecule has 1 aliphatic heterocycles. The molecule has 0 aliphatic carbocycles. The van der Waals surface area contributed by atoms with Gasteiger partial charge < -0.3 is 10.1 Å². The van der Waals surface area contributed by atoms with E-state index in [1.807, 2.05) is 13.1 Å². The molecule has 0 bridgehead atoms. The van der Waals surface area contributed by atoms with Crippen LogP contribution >= 0.6 is 0 Å². The smallest absolute Gasteiger partial charge is 0.0770 e. The summed E-state index contributed by atoms with van der Waals surface area (Å²) < 4.78 is 5.93. The van der Waals surface area contributed by atoms with Crippen LogP contribution in [0.4, 0.5) is 0 Å². The minimum Gasteiger partial charge on any atom is -0.376 e. The van der Waals surface area contributed by atoms with Crippen LogP contribution in [-0.2, 0) is 4.74 Å². The first-order valence-corrected chi connectivity index (χ1v) is 7.09. The molecule has 0 amide bonds. The highest BCUT2D eigenvalue weighted by Crippen LogP contribution is 2.26. The minimum absolute atomic E-state index is 0.290. The lowest BCUT2D eigenvalue weighted by atomic mass is 9.96. The van der Waals surface area contributed by atoms with Crippen LogP contribution in [0.25, 0.3) is 0 Å². The average molecular weight is 248 g/mol. The first-order chi connectivity index (χ1) is 8.81. The van der Waals surface area contributed by atoms with Crippen molar-refractivity contribution in [2.45, 2.75) is 51.7 Å². The van der Waals surface area contributed by atoms with E-state index < -0.39 is 0 Å². The monoisotopic (exact) mass is 248 g/mol. The van der Waals surface area contributed by atoms with Gasteiger partial charge in [-0.05, 0) is 50.8 Å². The van der Waals surface area contributed by atoms with Crippen LogP contribution in [0.1, 0.15) is 49.9 Å². The van der Waals surface area contributed by atoms with E-state index in [1.165, 1.54) is 18.4 Å². The Morgan fingerprint density at radius 3 is 2.94 bits per heavy atom. The van der Waals surface area contributed by atoms with Gasteiger partial charge >= 0.3 is 0 Å². The highest BCUT2D eigenvalue weighted by atomic mass is 16.5. The number of hydrogen-bond donors (Lipinski definition) is 1. The van der Waals surface area contributed by atoms with Crippen LogP contribution in [0, 0.1) is 6.92 Å². The molecule has 1 fully saturated rings. The SMILES string of the molecule is CCCNC(c1ccc(C)nc1)C1CCCCO1. The Morgan fingerprint density at radius 2 is 2.33 bits per heavy atom. The number of rotatable bonds is 5. The molecule has 1 aliphatic rings. The summed E-state index contributed by atoms with van der Waals surface area (Å²) >= 11 is 0. The molecule has 18 heavy (non-hydrogen) atoms. The first-order valence-electron chi connectivity index (χ1n) is 7.09. The number of hydrogen-bond acceptors (Lipinski definition) is 3. The third-order valence-electron chi connectivity index (χ3n) is 3.49. The summed E-state index contributed by atoms with van der Waals surface area (Å²) in [6.07, 6.45) is 7.05. The quantitative estimate of drug-likeness (QED) is 0.869. The molecular weight excluding hydrogens is 224 g/mol. The molecule has 1 aromatic rings. The Hall–Kier alpha value is -0.930. The lowest BCUT2D eigenvalue weighted by Gasteiger charge is -2.31. The zero-order valence-corrected chi connectivity index (χ0v) is 11.5. The third kappa shape index (κ3) is 3.53. The maximum Gasteiger partial charge on any atom is 0.0770 e. The minimum atomic E-state index is 0.290. The Morgan fingerprint density at radius 1 is 1.44 bits per heavy atom. The summed E-state index contributed by atoms with van der Waals surface area (Å²) in [4.78, 5) is 4.41. The maximum absolute atomic E-state index is 5.93. The van der Waals surface area contributed by atoms with Gasteiger partial charge in [0.2, 0.25) is 0 Å². The fraction of sp³-hybridized carbons (Fsp3) is 0.667. The van der Waals surface area contributed by atoms with E-state index in [2.05, 4.69) is 29.4 Å². The first kappa shape index (κ1) is 13.5. The van der Waals surface area contributed by atoms with Gasteiger partial charge in [0.05, 0.1) is 12.1 Å². The summed E-state index contributed by atoms with van der Waals surface area (Å²) in [7, 11) is 0. The van der Waals surface area contributed by atoms with Gasteiger partial charge in [0, 0.05) is 18.5 Å². The van der Waals surface area contributed by atoms with Crippen molar-refractivity contribution in [1.82, 2.24) is 10.3 Å². The van der Waals surface area contributed by atoms with Crippen molar-refractivity contribution in [2.75, 3.05) is 13.2 Å². The second-order valence-electron chi connectivity index (χ2n) is 5.07. The number of nitrogens with zero attached hydrogens (tertiary/aromatic N) is 1. The molecule has 0 radical (unpaired) electrons. The van der Waals surface area contributed by atoms with E-state index in [0.29, 0.717) is 12.1 Å². The number of pyridine rings is 1. The number of aryl methyl sites for hydroxylation is 1. The Labute approximate surface area is 110 Å². The van der Waals surface area contributed by atoms with Gasteiger partial charge in [0.15, 0.2) is 0 Å². The molecule has 0 aromatic carbocycles. The van der Waals surface area contributed by atoms with E-state index in [4.69, 9.17) is 4.74 Å². The third-order valence-corrected chi connectivity index (χ3v) is 3.49. The number of aromatic nitrogens is 1. The largest absolute Gasteiger partial charge is 0.376 e. The molecule has 2 atom stereocenters. The van der Waals surface area contributed by atoms with E-state index >= 15 is 0 Å². The van der Waals surface area contributed by atoms with Crippen molar-refractivity contribution < 1.29 is 4.74 Å². The van der Waals surface area contributed by atoms with Crippen LogP contribution in [-0.4, -0.2) is 24.2 Å². The Kier molecular flexibility index (Phi) is 5.14. The van der Waals surface area contributed by atoms with Crippen molar-refractivity contribution in [1.29, 1.82) is 0 Å². The molecule has 2 rings (SSSR count). The van der Waals surface area contributed by atoms with Crippen LogP contribution in [0.3, 0.4) is 0 Å². The Balaban J connectivity index is 2.10. The zero-order valence-electron chi connectivity index (χ0n) is 11.5. The van der Waals surface area contributed by atoms with Gasteiger partial charge in [-0.1, -0.05) is 13.0 Å². The Bertz CT molecular complexity index is 344. The van der Waals surface area contributed by atoms with Crippen molar-refractivity contribution in [3.63, 3.8) is 0 Å². The second-order valence-corrected chi connectivity index (χ2v) is 5.07.